The van der Waals surface area contributed by atoms with Crippen molar-refractivity contribution in [3.63, 3.8) is 0 Å². The number of carbonyl (C=O) groups is 1. The molecule has 126 valence electrons. The van der Waals surface area contributed by atoms with Crippen molar-refractivity contribution >= 4 is 22.9 Å². The standard InChI is InChI=1S/C20H25N3O/c1-7-16(19(24)20(3,4)5)18-14(2)21-13-17(22-18)23(6)15-11-9-8-10-12-15/h7-13H,1-6H3/b16-7+. The van der Waals surface area contributed by atoms with Crippen LogP contribution in [0, 0.1) is 12.3 Å². The van der Waals surface area contributed by atoms with Crippen molar-refractivity contribution < 1.29 is 4.79 Å². The maximum absolute atomic E-state index is 12.7. The number of aryl methyl sites for hydroxylation is 1. The molecule has 0 bridgehead atoms. The average Bonchev–Trinajstić information content (AvgIpc) is 2.56. The summed E-state index contributed by atoms with van der Waals surface area (Å²) in [5.74, 6) is 0.782. The van der Waals surface area contributed by atoms with Gasteiger partial charge in [0.05, 0.1) is 17.6 Å². The second kappa shape index (κ2) is 6.95. The Hall–Kier alpha value is -2.49. The molecule has 1 heterocycles. The van der Waals surface area contributed by atoms with Gasteiger partial charge in [0.15, 0.2) is 11.6 Å². The van der Waals surface area contributed by atoms with E-state index in [-0.39, 0.29) is 5.78 Å². The van der Waals surface area contributed by atoms with Gasteiger partial charge in [-0.3, -0.25) is 9.78 Å². The number of para-hydroxylation sites is 1. The summed E-state index contributed by atoms with van der Waals surface area (Å²) >= 11 is 0. The van der Waals surface area contributed by atoms with Gasteiger partial charge in [0.2, 0.25) is 0 Å². The minimum absolute atomic E-state index is 0.0712. The molecule has 2 rings (SSSR count). The van der Waals surface area contributed by atoms with Gasteiger partial charge in [0.1, 0.15) is 0 Å². The van der Waals surface area contributed by atoms with Crippen LogP contribution in [-0.4, -0.2) is 22.8 Å². The Balaban J connectivity index is 2.47. The Bertz CT molecular complexity index is 758. The molecule has 0 N–H and O–H groups in total. The van der Waals surface area contributed by atoms with Gasteiger partial charge in [-0.25, -0.2) is 4.98 Å². The molecule has 0 spiro atoms. The number of nitrogens with zero attached hydrogens (tertiary/aromatic N) is 3. The lowest BCUT2D eigenvalue weighted by atomic mass is 9.84. The summed E-state index contributed by atoms with van der Waals surface area (Å²) < 4.78 is 0. The zero-order valence-corrected chi connectivity index (χ0v) is 15.3. The summed E-state index contributed by atoms with van der Waals surface area (Å²) in [5, 5.41) is 0. The fourth-order valence-electron chi connectivity index (χ4n) is 2.42. The van der Waals surface area contributed by atoms with Crippen molar-refractivity contribution in [2.75, 3.05) is 11.9 Å². The Morgan fingerprint density at radius 1 is 1.17 bits per heavy atom. The second-order valence-electron chi connectivity index (χ2n) is 6.84. The average molecular weight is 323 g/mol. The lowest BCUT2D eigenvalue weighted by molar-refractivity contribution is -0.120. The van der Waals surface area contributed by atoms with Crippen LogP contribution >= 0.6 is 0 Å². The Morgan fingerprint density at radius 2 is 1.79 bits per heavy atom. The van der Waals surface area contributed by atoms with Crippen LogP contribution in [-0.2, 0) is 4.79 Å². The summed E-state index contributed by atoms with van der Waals surface area (Å²) in [7, 11) is 1.94. The van der Waals surface area contributed by atoms with Crippen molar-refractivity contribution in [3.8, 4) is 0 Å². The number of rotatable bonds is 4. The van der Waals surface area contributed by atoms with Gasteiger partial charge in [-0.2, -0.15) is 0 Å². The van der Waals surface area contributed by atoms with Crippen molar-refractivity contribution in [3.05, 3.63) is 54.0 Å². The van der Waals surface area contributed by atoms with Crippen molar-refractivity contribution in [2.24, 2.45) is 5.41 Å². The number of ketones is 1. The van der Waals surface area contributed by atoms with Gasteiger partial charge in [-0.15, -0.1) is 0 Å². The number of allylic oxidation sites excluding steroid dienone is 2. The molecule has 4 heteroatoms. The van der Waals surface area contributed by atoms with Gasteiger partial charge in [-0.1, -0.05) is 45.0 Å². The molecular weight excluding hydrogens is 298 g/mol. The zero-order valence-electron chi connectivity index (χ0n) is 15.3. The number of hydrogen-bond donors (Lipinski definition) is 0. The molecule has 1 aromatic heterocycles. The van der Waals surface area contributed by atoms with Crippen LogP contribution in [0.5, 0.6) is 0 Å². The van der Waals surface area contributed by atoms with Crippen LogP contribution < -0.4 is 4.90 Å². The van der Waals surface area contributed by atoms with E-state index in [1.165, 1.54) is 0 Å². The van der Waals surface area contributed by atoms with Crippen LogP contribution in [0.3, 0.4) is 0 Å². The molecule has 4 nitrogen and oxygen atoms in total. The monoisotopic (exact) mass is 323 g/mol. The Kier molecular flexibility index (Phi) is 5.17. The first-order valence-corrected chi connectivity index (χ1v) is 8.09. The summed E-state index contributed by atoms with van der Waals surface area (Å²) in [5.41, 5.74) is 2.59. The van der Waals surface area contributed by atoms with Crippen LogP contribution in [0.25, 0.3) is 5.57 Å². The number of anilines is 2. The number of carbonyl (C=O) groups excluding carboxylic acids is 1. The highest BCUT2D eigenvalue weighted by Gasteiger charge is 2.27. The largest absolute Gasteiger partial charge is 0.328 e. The molecule has 0 saturated heterocycles. The predicted molar refractivity (Wildman–Crippen MR) is 99.4 cm³/mol. The zero-order chi connectivity index (χ0) is 17.9. The van der Waals surface area contributed by atoms with Crippen LogP contribution in [0.15, 0.2) is 42.6 Å². The third-order valence-corrected chi connectivity index (χ3v) is 3.90. The van der Waals surface area contributed by atoms with Gasteiger partial charge < -0.3 is 4.90 Å². The fraction of sp³-hybridized carbons (Fsp3) is 0.350. The number of aromatic nitrogens is 2. The van der Waals surface area contributed by atoms with Gasteiger partial charge in [0.25, 0.3) is 0 Å². The van der Waals surface area contributed by atoms with Crippen LogP contribution in [0.2, 0.25) is 0 Å². The highest BCUT2D eigenvalue weighted by Crippen LogP contribution is 2.29. The molecule has 0 amide bonds. The molecule has 0 aliphatic rings. The van der Waals surface area contributed by atoms with E-state index in [9.17, 15) is 4.79 Å². The quantitative estimate of drug-likeness (QED) is 0.773. The minimum atomic E-state index is -0.461. The molecule has 0 atom stereocenters. The number of benzene rings is 1. The molecule has 1 aromatic carbocycles. The van der Waals surface area contributed by atoms with E-state index in [2.05, 4.69) is 4.98 Å². The third kappa shape index (κ3) is 3.70. The van der Waals surface area contributed by atoms with E-state index >= 15 is 0 Å². The predicted octanol–water partition coefficient (Wildman–Crippen LogP) is 4.57. The summed E-state index contributed by atoms with van der Waals surface area (Å²) in [6.45, 7) is 9.51. The topological polar surface area (TPSA) is 46.1 Å². The van der Waals surface area contributed by atoms with E-state index in [1.807, 2.05) is 83.0 Å². The summed E-state index contributed by atoms with van der Waals surface area (Å²) in [6.07, 6.45) is 3.57. The molecular formula is C20H25N3O. The molecule has 2 aromatic rings. The number of hydrogen-bond acceptors (Lipinski definition) is 4. The normalized spacial score (nSPS) is 12.2. The summed E-state index contributed by atoms with van der Waals surface area (Å²) in [6, 6.07) is 9.96. The lowest BCUT2D eigenvalue weighted by Gasteiger charge is -2.22. The van der Waals surface area contributed by atoms with Crippen molar-refractivity contribution in [1.29, 1.82) is 0 Å². The lowest BCUT2D eigenvalue weighted by Crippen LogP contribution is -2.23. The SMILES string of the molecule is C/C=C(/C(=O)C(C)(C)C)c1nc(N(C)c2ccccc2)cnc1C. The first-order chi connectivity index (χ1) is 11.3. The molecule has 0 fully saturated rings. The van der Waals surface area contributed by atoms with Crippen LogP contribution in [0.4, 0.5) is 11.5 Å². The fourth-order valence-corrected chi connectivity index (χ4v) is 2.42. The van der Waals surface area contributed by atoms with Gasteiger partial charge in [0, 0.05) is 23.7 Å². The molecule has 0 aliphatic carbocycles. The van der Waals surface area contributed by atoms with E-state index in [4.69, 9.17) is 4.98 Å². The van der Waals surface area contributed by atoms with Gasteiger partial charge in [-0.05, 0) is 26.0 Å². The molecule has 24 heavy (non-hydrogen) atoms. The maximum Gasteiger partial charge on any atom is 0.170 e. The first-order valence-electron chi connectivity index (χ1n) is 8.09. The van der Waals surface area contributed by atoms with E-state index < -0.39 is 5.41 Å². The molecule has 0 aliphatic heterocycles. The Labute approximate surface area is 144 Å². The second-order valence-corrected chi connectivity index (χ2v) is 6.84. The highest BCUT2D eigenvalue weighted by atomic mass is 16.1. The van der Waals surface area contributed by atoms with Gasteiger partial charge >= 0.3 is 0 Å². The van der Waals surface area contributed by atoms with Crippen molar-refractivity contribution in [1.82, 2.24) is 9.97 Å². The van der Waals surface area contributed by atoms with Crippen LogP contribution in [0.1, 0.15) is 39.1 Å². The number of Topliss-reactive ketones (excluding diaryl/α,β-unsaturated/α-hetero) is 1. The van der Waals surface area contributed by atoms with E-state index in [0.29, 0.717) is 17.1 Å². The summed E-state index contributed by atoms with van der Waals surface area (Å²) in [4.78, 5) is 23.9. The third-order valence-electron chi connectivity index (χ3n) is 3.90. The maximum atomic E-state index is 12.7. The van der Waals surface area contributed by atoms with Crippen molar-refractivity contribution in [2.45, 2.75) is 34.6 Å². The van der Waals surface area contributed by atoms with E-state index in [1.54, 1.807) is 6.20 Å². The molecule has 0 unspecified atom stereocenters. The van der Waals surface area contributed by atoms with E-state index in [0.717, 1.165) is 11.4 Å². The highest BCUT2D eigenvalue weighted by molar-refractivity contribution is 6.22. The Morgan fingerprint density at radius 3 is 2.33 bits per heavy atom. The first kappa shape index (κ1) is 17.9. The molecule has 0 radical (unpaired) electrons. The molecule has 0 saturated carbocycles. The minimum Gasteiger partial charge on any atom is -0.328 e. The smallest absolute Gasteiger partial charge is 0.170 e.